The fourth-order valence-corrected chi connectivity index (χ4v) is 3.80. The summed E-state index contributed by atoms with van der Waals surface area (Å²) >= 11 is 0. The average Bonchev–Trinajstić information content (AvgIpc) is 3.13. The molecule has 0 aliphatic rings. The smallest absolute Gasteiger partial charge is 0.417 e. The third-order valence-corrected chi connectivity index (χ3v) is 5.47. The molecule has 3 rings (SSSR count). The van der Waals surface area contributed by atoms with E-state index >= 15 is 0 Å². The number of benzene rings is 2. The van der Waals surface area contributed by atoms with E-state index < -0.39 is 34.7 Å². The summed E-state index contributed by atoms with van der Waals surface area (Å²) in [4.78, 5) is 29.4. The van der Waals surface area contributed by atoms with Gasteiger partial charge >= 0.3 is 18.1 Å². The van der Waals surface area contributed by atoms with Crippen molar-refractivity contribution in [2.24, 2.45) is 0 Å². The van der Waals surface area contributed by atoms with Crippen LogP contribution in [0.1, 0.15) is 69.8 Å². The van der Waals surface area contributed by atoms with Gasteiger partial charge in [-0.25, -0.2) is 14.6 Å². The Morgan fingerprint density at radius 3 is 2.20 bits per heavy atom. The molecule has 0 radical (unpaired) electrons. The SMILES string of the molecule is COC(=O)c1cccc(Cn2c(C(C)(C)C)nc(C(=O)OCc3ccccc3)c2C)c1C(F)(F)F. The van der Waals surface area contributed by atoms with Crippen molar-refractivity contribution >= 4 is 11.9 Å². The van der Waals surface area contributed by atoms with Gasteiger partial charge in [0.1, 0.15) is 12.4 Å². The van der Waals surface area contributed by atoms with Gasteiger partial charge in [0.2, 0.25) is 0 Å². The molecule has 0 saturated heterocycles. The van der Waals surface area contributed by atoms with E-state index in [1.807, 2.05) is 51.1 Å². The molecule has 2 aromatic carbocycles. The minimum absolute atomic E-state index is 0.0311. The van der Waals surface area contributed by atoms with Crippen molar-refractivity contribution in [2.75, 3.05) is 7.11 Å². The summed E-state index contributed by atoms with van der Waals surface area (Å²) in [6, 6.07) is 12.9. The van der Waals surface area contributed by atoms with Crippen LogP contribution < -0.4 is 0 Å². The zero-order valence-corrected chi connectivity index (χ0v) is 20.2. The molecule has 0 atom stereocenters. The van der Waals surface area contributed by atoms with Crippen LogP contribution in [0.3, 0.4) is 0 Å². The first-order valence-corrected chi connectivity index (χ1v) is 10.9. The van der Waals surface area contributed by atoms with Gasteiger partial charge in [0.05, 0.1) is 18.2 Å². The molecule has 1 aromatic heterocycles. The van der Waals surface area contributed by atoms with Gasteiger partial charge in [-0.15, -0.1) is 0 Å². The van der Waals surface area contributed by atoms with E-state index in [1.54, 1.807) is 11.5 Å². The normalized spacial score (nSPS) is 11.9. The van der Waals surface area contributed by atoms with Crippen LogP contribution in [0.2, 0.25) is 0 Å². The molecule has 6 nitrogen and oxygen atoms in total. The van der Waals surface area contributed by atoms with Gasteiger partial charge in [-0.05, 0) is 24.1 Å². The number of alkyl halides is 3. The highest BCUT2D eigenvalue weighted by molar-refractivity contribution is 5.91. The summed E-state index contributed by atoms with van der Waals surface area (Å²) in [6.45, 7) is 6.94. The maximum Gasteiger partial charge on any atom is 0.417 e. The second-order valence-corrected chi connectivity index (χ2v) is 9.10. The van der Waals surface area contributed by atoms with E-state index in [0.29, 0.717) is 11.5 Å². The van der Waals surface area contributed by atoms with E-state index in [4.69, 9.17) is 4.74 Å². The largest absolute Gasteiger partial charge is 0.465 e. The van der Waals surface area contributed by atoms with E-state index in [-0.39, 0.29) is 24.4 Å². The molecule has 0 N–H and O–H groups in total. The third-order valence-electron chi connectivity index (χ3n) is 5.47. The van der Waals surface area contributed by atoms with Crippen LogP contribution in [0, 0.1) is 6.92 Å². The number of hydrogen-bond acceptors (Lipinski definition) is 5. The Labute approximate surface area is 201 Å². The molecule has 0 aliphatic carbocycles. The van der Waals surface area contributed by atoms with Crippen LogP contribution in [0.5, 0.6) is 0 Å². The Balaban J connectivity index is 2.05. The summed E-state index contributed by atoms with van der Waals surface area (Å²) in [7, 11) is 1.03. The lowest BCUT2D eigenvalue weighted by Crippen LogP contribution is -2.23. The standard InChI is InChI=1S/C26H27F3N2O4/c1-16-21(23(33)35-15-17-10-7-6-8-11-17)30-24(25(2,3)4)31(16)14-18-12-9-13-19(22(32)34-5)20(18)26(27,28)29/h6-13H,14-15H2,1-5H3. The van der Waals surface area contributed by atoms with Crippen LogP contribution in [-0.4, -0.2) is 28.6 Å². The number of methoxy groups -OCH3 is 1. The number of carbonyl (C=O) groups excluding carboxylic acids is 2. The summed E-state index contributed by atoms with van der Waals surface area (Å²) in [5, 5.41) is 0. The number of aromatic nitrogens is 2. The molecule has 0 amide bonds. The molecule has 0 unspecified atom stereocenters. The minimum atomic E-state index is -4.80. The van der Waals surface area contributed by atoms with Crippen molar-refractivity contribution in [2.45, 2.75) is 52.4 Å². The number of halogens is 3. The highest BCUT2D eigenvalue weighted by atomic mass is 19.4. The maximum absolute atomic E-state index is 14.0. The molecule has 3 aromatic rings. The van der Waals surface area contributed by atoms with E-state index in [9.17, 15) is 22.8 Å². The monoisotopic (exact) mass is 488 g/mol. The summed E-state index contributed by atoms with van der Waals surface area (Å²) in [5.74, 6) is -1.34. The second-order valence-electron chi connectivity index (χ2n) is 9.10. The number of imidazole rings is 1. The van der Waals surface area contributed by atoms with Crippen LogP contribution in [0.15, 0.2) is 48.5 Å². The molecule has 186 valence electrons. The van der Waals surface area contributed by atoms with Gasteiger partial charge in [0, 0.05) is 17.7 Å². The number of ether oxygens (including phenoxy) is 2. The zero-order chi connectivity index (χ0) is 26.0. The first kappa shape index (κ1) is 26.0. The number of carbonyl (C=O) groups is 2. The Bertz CT molecular complexity index is 1230. The van der Waals surface area contributed by atoms with Crippen molar-refractivity contribution in [1.29, 1.82) is 0 Å². The van der Waals surface area contributed by atoms with Crippen LogP contribution in [0.4, 0.5) is 13.2 Å². The topological polar surface area (TPSA) is 70.4 Å². The van der Waals surface area contributed by atoms with E-state index in [2.05, 4.69) is 9.72 Å². The molecular weight excluding hydrogens is 461 g/mol. The average molecular weight is 489 g/mol. The van der Waals surface area contributed by atoms with Crippen LogP contribution in [0.25, 0.3) is 0 Å². The molecule has 35 heavy (non-hydrogen) atoms. The number of esters is 2. The molecule has 0 saturated carbocycles. The molecule has 0 fully saturated rings. The van der Waals surface area contributed by atoms with Gasteiger partial charge in [0.25, 0.3) is 0 Å². The lowest BCUT2D eigenvalue weighted by Gasteiger charge is -2.22. The first-order valence-electron chi connectivity index (χ1n) is 10.9. The highest BCUT2D eigenvalue weighted by Crippen LogP contribution is 2.36. The number of rotatable bonds is 6. The predicted octanol–water partition coefficient (Wildman–Crippen LogP) is 5.70. The van der Waals surface area contributed by atoms with Crippen molar-refractivity contribution < 1.29 is 32.2 Å². The van der Waals surface area contributed by atoms with Crippen LogP contribution >= 0.6 is 0 Å². The minimum Gasteiger partial charge on any atom is -0.465 e. The summed E-state index contributed by atoms with van der Waals surface area (Å²) < 4.78 is 53.6. The fourth-order valence-electron chi connectivity index (χ4n) is 3.80. The molecular formula is C26H27F3N2O4. The Morgan fingerprint density at radius 1 is 0.971 bits per heavy atom. The van der Waals surface area contributed by atoms with E-state index in [1.165, 1.54) is 12.1 Å². The predicted molar refractivity (Wildman–Crippen MR) is 123 cm³/mol. The van der Waals surface area contributed by atoms with Crippen LogP contribution in [-0.2, 0) is 34.2 Å². The maximum atomic E-state index is 14.0. The van der Waals surface area contributed by atoms with Crippen molar-refractivity contribution in [3.05, 3.63) is 88.0 Å². The zero-order valence-electron chi connectivity index (χ0n) is 20.2. The first-order chi connectivity index (χ1) is 16.3. The lowest BCUT2D eigenvalue weighted by atomic mass is 9.95. The number of nitrogens with zero attached hydrogens (tertiary/aromatic N) is 2. The Hall–Kier alpha value is -3.62. The molecule has 0 aliphatic heterocycles. The Morgan fingerprint density at radius 2 is 1.63 bits per heavy atom. The van der Waals surface area contributed by atoms with Gasteiger partial charge in [-0.1, -0.05) is 63.2 Å². The van der Waals surface area contributed by atoms with Gasteiger partial charge in [0.15, 0.2) is 5.69 Å². The van der Waals surface area contributed by atoms with Gasteiger partial charge < -0.3 is 14.0 Å². The van der Waals surface area contributed by atoms with Gasteiger partial charge in [-0.2, -0.15) is 13.2 Å². The highest BCUT2D eigenvalue weighted by Gasteiger charge is 2.39. The quantitative estimate of drug-likeness (QED) is 0.417. The fraction of sp³-hybridized carbons (Fsp3) is 0.346. The third kappa shape index (κ3) is 5.72. The molecule has 0 bridgehead atoms. The Kier molecular flexibility index (Phi) is 7.38. The lowest BCUT2D eigenvalue weighted by molar-refractivity contribution is -0.138. The van der Waals surface area contributed by atoms with Crippen molar-refractivity contribution in [3.8, 4) is 0 Å². The number of hydrogen-bond donors (Lipinski definition) is 0. The van der Waals surface area contributed by atoms with Crippen molar-refractivity contribution in [3.63, 3.8) is 0 Å². The molecule has 0 spiro atoms. The van der Waals surface area contributed by atoms with E-state index in [0.717, 1.165) is 18.7 Å². The van der Waals surface area contributed by atoms with Crippen molar-refractivity contribution in [1.82, 2.24) is 9.55 Å². The second kappa shape index (κ2) is 9.93. The summed E-state index contributed by atoms with van der Waals surface area (Å²) in [6.07, 6.45) is -4.80. The summed E-state index contributed by atoms with van der Waals surface area (Å²) in [5.41, 5.74) is -1.20. The van der Waals surface area contributed by atoms with Gasteiger partial charge in [-0.3, -0.25) is 0 Å². The molecule has 9 heteroatoms. The molecule has 1 heterocycles.